The zero-order valence-corrected chi connectivity index (χ0v) is 28.1. The van der Waals surface area contributed by atoms with Crippen molar-refractivity contribution in [2.24, 2.45) is 0 Å². The predicted octanol–water partition coefficient (Wildman–Crippen LogP) is 8.63. The molecule has 0 saturated heterocycles. The van der Waals surface area contributed by atoms with Crippen LogP contribution in [-0.2, 0) is 0 Å². The van der Waals surface area contributed by atoms with Crippen molar-refractivity contribution in [2.75, 3.05) is 0 Å². The normalized spacial score (nSPS) is 12.0. The van der Waals surface area contributed by atoms with Crippen LogP contribution in [0.1, 0.15) is 0 Å². The molecule has 0 amide bonds. The van der Waals surface area contributed by atoms with Gasteiger partial charge in [-0.25, -0.2) is 0 Å². The topological polar surface area (TPSA) is 55.9 Å². The summed E-state index contributed by atoms with van der Waals surface area (Å²) < 4.78 is 4.40. The fourth-order valence-electron chi connectivity index (χ4n) is 7.02. The molecule has 2 heterocycles. The molecule has 5 nitrogen and oxygen atoms in total. The van der Waals surface area contributed by atoms with Gasteiger partial charge in [-0.1, -0.05) is 0 Å². The summed E-state index contributed by atoms with van der Waals surface area (Å²) >= 11 is 0. The van der Waals surface area contributed by atoms with Crippen molar-refractivity contribution < 1.29 is 4.89 Å². The fraction of sp³-hybridized carbons (Fsp3) is 0. The standard InChI is InChI=1S/C44H33N4OP/c49-50(36-18-8-3-9-19-36,37-28-24-32(25-29-37)43-45-39-20-10-12-22-41(39)47(43)34-14-4-1-5-15-34)38-30-26-33(27-31-38)44-46-40-21-11-13-23-42(40)48(44)35-16-6-2-7-17-35/h1-31,49-50H. The number of hydrogen-bond donors (Lipinski definition) is 1. The van der Waals surface area contributed by atoms with E-state index in [1.807, 2.05) is 103 Å². The van der Waals surface area contributed by atoms with E-state index in [0.717, 1.165) is 72.1 Å². The molecule has 6 heteroatoms. The van der Waals surface area contributed by atoms with Crippen LogP contribution in [0, 0.1) is 0 Å². The summed E-state index contributed by atoms with van der Waals surface area (Å²) in [6.45, 7) is 0. The van der Waals surface area contributed by atoms with Gasteiger partial charge in [-0.2, -0.15) is 0 Å². The van der Waals surface area contributed by atoms with E-state index in [4.69, 9.17) is 9.97 Å². The first-order chi connectivity index (χ1) is 24.7. The molecule has 0 radical (unpaired) electrons. The summed E-state index contributed by atoms with van der Waals surface area (Å²) in [4.78, 5) is 23.0. The van der Waals surface area contributed by atoms with E-state index in [2.05, 4.69) is 94.1 Å². The molecule has 0 aliphatic rings. The Bertz CT molecular complexity index is 2420. The molecule has 9 aromatic rings. The Kier molecular flexibility index (Phi) is 7.43. The molecule has 0 aliphatic carbocycles. The van der Waals surface area contributed by atoms with Crippen LogP contribution in [0.15, 0.2) is 188 Å². The summed E-state index contributed by atoms with van der Waals surface area (Å²) in [6.07, 6.45) is 0. The van der Waals surface area contributed by atoms with Gasteiger partial charge in [0, 0.05) is 0 Å². The molecule has 9 rings (SSSR count). The molecule has 0 bridgehead atoms. The second-order valence-electron chi connectivity index (χ2n) is 12.4. The Balaban J connectivity index is 1.14. The minimum absolute atomic E-state index is 0.861. The third-order valence-corrected chi connectivity index (χ3v) is 13.0. The Morgan fingerprint density at radius 1 is 0.360 bits per heavy atom. The van der Waals surface area contributed by atoms with Crippen LogP contribution < -0.4 is 15.9 Å². The molecule has 7 aromatic carbocycles. The number of fused-ring (bicyclic) bond motifs is 2. The zero-order chi connectivity index (χ0) is 33.5. The molecular formula is C44H33N4OP. The van der Waals surface area contributed by atoms with Crippen molar-refractivity contribution in [2.45, 2.75) is 0 Å². The molecule has 0 saturated carbocycles. The molecule has 0 fully saturated rings. The summed E-state index contributed by atoms with van der Waals surface area (Å²) in [7, 11) is -3.40. The van der Waals surface area contributed by atoms with E-state index in [-0.39, 0.29) is 0 Å². The minimum atomic E-state index is -3.40. The van der Waals surface area contributed by atoms with Crippen LogP contribution in [0.5, 0.6) is 0 Å². The molecule has 240 valence electrons. The second-order valence-corrected chi connectivity index (χ2v) is 15.6. The van der Waals surface area contributed by atoms with Gasteiger partial charge in [-0.15, -0.1) is 0 Å². The van der Waals surface area contributed by atoms with Gasteiger partial charge in [0.05, 0.1) is 0 Å². The first kappa shape index (κ1) is 30.0. The van der Waals surface area contributed by atoms with Crippen molar-refractivity contribution in [3.05, 3.63) is 188 Å². The summed E-state index contributed by atoms with van der Waals surface area (Å²) in [5.74, 6) is 1.72. The van der Waals surface area contributed by atoms with E-state index in [9.17, 15) is 4.89 Å². The molecule has 0 aliphatic heterocycles. The quantitative estimate of drug-likeness (QED) is 0.174. The van der Waals surface area contributed by atoms with Gasteiger partial charge in [0.25, 0.3) is 0 Å². The number of nitrogens with zero attached hydrogens (tertiary/aromatic N) is 4. The maximum absolute atomic E-state index is 12.9. The Morgan fingerprint density at radius 3 is 1.12 bits per heavy atom. The summed E-state index contributed by atoms with van der Waals surface area (Å²) in [5.41, 5.74) is 8.04. The number of rotatable bonds is 7. The van der Waals surface area contributed by atoms with E-state index >= 15 is 0 Å². The molecule has 0 unspecified atom stereocenters. The third kappa shape index (κ3) is 5.03. The van der Waals surface area contributed by atoms with Gasteiger partial charge in [0.15, 0.2) is 0 Å². The summed E-state index contributed by atoms with van der Waals surface area (Å²) in [6, 6.07) is 63.8. The number of aromatic nitrogens is 4. The van der Waals surface area contributed by atoms with Gasteiger partial charge < -0.3 is 0 Å². The van der Waals surface area contributed by atoms with Crippen LogP contribution in [-0.4, -0.2) is 24.0 Å². The monoisotopic (exact) mass is 664 g/mol. The fourth-order valence-corrected chi connectivity index (χ4v) is 9.99. The van der Waals surface area contributed by atoms with E-state index < -0.39 is 7.49 Å². The SMILES string of the molecule is O[PH](c1ccccc1)(c1ccc(-c2nc3ccccc3n2-c2ccccc2)cc1)c1ccc(-c2nc3ccccc3n2-c2ccccc2)cc1. The van der Waals surface area contributed by atoms with E-state index in [1.165, 1.54) is 0 Å². The van der Waals surface area contributed by atoms with Gasteiger partial charge in [0.1, 0.15) is 0 Å². The first-order valence-corrected chi connectivity index (χ1v) is 18.7. The average Bonchev–Trinajstić information content (AvgIpc) is 3.78. The van der Waals surface area contributed by atoms with Crippen molar-refractivity contribution in [1.82, 2.24) is 19.1 Å². The van der Waals surface area contributed by atoms with Gasteiger partial charge in [-0.3, -0.25) is 0 Å². The Hall–Kier alpha value is -6.13. The number of benzene rings is 7. The van der Waals surface area contributed by atoms with Crippen LogP contribution in [0.25, 0.3) is 56.2 Å². The van der Waals surface area contributed by atoms with Gasteiger partial charge in [0.2, 0.25) is 0 Å². The van der Waals surface area contributed by atoms with Crippen LogP contribution in [0.4, 0.5) is 0 Å². The predicted molar refractivity (Wildman–Crippen MR) is 209 cm³/mol. The molecular weight excluding hydrogens is 631 g/mol. The van der Waals surface area contributed by atoms with E-state index in [0.29, 0.717) is 0 Å². The third-order valence-electron chi connectivity index (χ3n) is 9.46. The first-order valence-electron chi connectivity index (χ1n) is 16.7. The number of imidazole rings is 2. The average molecular weight is 665 g/mol. The Morgan fingerprint density at radius 2 is 0.700 bits per heavy atom. The summed E-state index contributed by atoms with van der Waals surface area (Å²) in [5, 5.41) is 2.73. The Labute approximate surface area is 290 Å². The molecule has 1 N–H and O–H groups in total. The van der Waals surface area contributed by atoms with Crippen molar-refractivity contribution in [1.29, 1.82) is 0 Å². The van der Waals surface area contributed by atoms with Gasteiger partial charge >= 0.3 is 292 Å². The molecule has 50 heavy (non-hydrogen) atoms. The van der Waals surface area contributed by atoms with Crippen LogP contribution >= 0.6 is 7.49 Å². The van der Waals surface area contributed by atoms with E-state index in [1.54, 1.807) is 0 Å². The van der Waals surface area contributed by atoms with Crippen molar-refractivity contribution in [3.8, 4) is 34.2 Å². The van der Waals surface area contributed by atoms with Crippen LogP contribution in [0.2, 0.25) is 0 Å². The van der Waals surface area contributed by atoms with Gasteiger partial charge in [-0.05, 0) is 0 Å². The molecule has 0 spiro atoms. The maximum atomic E-state index is 12.9. The van der Waals surface area contributed by atoms with Crippen molar-refractivity contribution in [3.63, 3.8) is 0 Å². The van der Waals surface area contributed by atoms with Crippen LogP contribution in [0.3, 0.4) is 0 Å². The number of para-hydroxylation sites is 6. The number of hydrogen-bond acceptors (Lipinski definition) is 3. The van der Waals surface area contributed by atoms with Crippen molar-refractivity contribution >= 4 is 45.5 Å². The molecule has 2 aromatic heterocycles. The molecule has 0 atom stereocenters. The zero-order valence-electron chi connectivity index (χ0n) is 27.1. The second kappa shape index (κ2) is 12.4.